The van der Waals surface area contributed by atoms with Crippen molar-refractivity contribution in [3.63, 3.8) is 0 Å². The lowest BCUT2D eigenvalue weighted by atomic mass is 10.1. The smallest absolute Gasteiger partial charge is 0.345 e. The first-order valence-corrected chi connectivity index (χ1v) is 6.02. The SMILES string of the molecule is CCNC[C@@H](C)C(=O)O[C@@H](CC(C)C)C(=O)O. The molecule has 17 heavy (non-hydrogen) atoms. The third kappa shape index (κ3) is 6.94. The van der Waals surface area contributed by atoms with Gasteiger partial charge in [0.05, 0.1) is 5.92 Å². The Bertz CT molecular complexity index is 253. The summed E-state index contributed by atoms with van der Waals surface area (Å²) >= 11 is 0. The van der Waals surface area contributed by atoms with E-state index in [1.165, 1.54) is 0 Å². The van der Waals surface area contributed by atoms with Crippen LogP contribution in [0.25, 0.3) is 0 Å². The molecule has 0 amide bonds. The number of esters is 1. The lowest BCUT2D eigenvalue weighted by Crippen LogP contribution is -2.34. The lowest BCUT2D eigenvalue weighted by molar-refractivity contribution is -0.167. The Morgan fingerprint density at radius 3 is 2.29 bits per heavy atom. The fourth-order valence-electron chi connectivity index (χ4n) is 1.33. The molecule has 0 aliphatic rings. The number of aliphatic carboxylic acids is 1. The summed E-state index contributed by atoms with van der Waals surface area (Å²) in [6, 6.07) is 0. The molecule has 5 heteroatoms. The zero-order valence-electron chi connectivity index (χ0n) is 11.0. The average Bonchev–Trinajstić information content (AvgIpc) is 2.23. The van der Waals surface area contributed by atoms with Gasteiger partial charge in [-0.3, -0.25) is 4.79 Å². The average molecular weight is 245 g/mol. The van der Waals surface area contributed by atoms with Crippen molar-refractivity contribution >= 4 is 11.9 Å². The minimum atomic E-state index is -1.08. The molecule has 2 N–H and O–H groups in total. The highest BCUT2D eigenvalue weighted by Crippen LogP contribution is 2.11. The van der Waals surface area contributed by atoms with Gasteiger partial charge in [-0.1, -0.05) is 27.7 Å². The maximum absolute atomic E-state index is 11.6. The number of ether oxygens (including phenoxy) is 1. The van der Waals surface area contributed by atoms with Crippen LogP contribution < -0.4 is 5.32 Å². The van der Waals surface area contributed by atoms with Gasteiger partial charge in [0.25, 0.3) is 0 Å². The third-order valence-corrected chi connectivity index (χ3v) is 2.32. The number of carboxylic acids is 1. The predicted molar refractivity (Wildman–Crippen MR) is 64.7 cm³/mol. The zero-order chi connectivity index (χ0) is 13.4. The third-order valence-electron chi connectivity index (χ3n) is 2.32. The van der Waals surface area contributed by atoms with Gasteiger partial charge in [-0.25, -0.2) is 4.79 Å². The molecule has 0 fully saturated rings. The van der Waals surface area contributed by atoms with Crippen LogP contribution in [0.3, 0.4) is 0 Å². The number of hydrogen-bond donors (Lipinski definition) is 2. The topological polar surface area (TPSA) is 75.6 Å². The number of carbonyl (C=O) groups is 2. The van der Waals surface area contributed by atoms with Gasteiger partial charge in [-0.15, -0.1) is 0 Å². The predicted octanol–water partition coefficient (Wildman–Crippen LogP) is 1.27. The van der Waals surface area contributed by atoms with E-state index in [9.17, 15) is 9.59 Å². The van der Waals surface area contributed by atoms with Gasteiger partial charge in [-0.2, -0.15) is 0 Å². The maximum Gasteiger partial charge on any atom is 0.345 e. The molecule has 0 aromatic heterocycles. The van der Waals surface area contributed by atoms with Crippen LogP contribution >= 0.6 is 0 Å². The first kappa shape index (κ1) is 15.9. The quantitative estimate of drug-likeness (QED) is 0.630. The Kier molecular flexibility index (Phi) is 7.54. The molecule has 100 valence electrons. The number of carbonyl (C=O) groups excluding carboxylic acids is 1. The minimum Gasteiger partial charge on any atom is -0.479 e. The highest BCUT2D eigenvalue weighted by molar-refractivity contribution is 5.79. The fourth-order valence-corrected chi connectivity index (χ4v) is 1.33. The molecule has 0 aliphatic heterocycles. The first-order valence-electron chi connectivity index (χ1n) is 6.02. The number of carboxylic acid groups (broad SMARTS) is 1. The molecule has 0 rings (SSSR count). The summed E-state index contributed by atoms with van der Waals surface area (Å²) in [6.45, 7) is 8.73. The van der Waals surface area contributed by atoms with E-state index >= 15 is 0 Å². The summed E-state index contributed by atoms with van der Waals surface area (Å²) in [5.74, 6) is -1.70. The molecule has 0 unspecified atom stereocenters. The molecule has 2 atom stereocenters. The molecule has 0 aromatic carbocycles. The second kappa shape index (κ2) is 8.06. The molecule has 0 aromatic rings. The largest absolute Gasteiger partial charge is 0.479 e. The molecule has 5 nitrogen and oxygen atoms in total. The summed E-state index contributed by atoms with van der Waals surface area (Å²) in [5, 5.41) is 12.0. The van der Waals surface area contributed by atoms with E-state index in [-0.39, 0.29) is 11.8 Å². The van der Waals surface area contributed by atoms with Gasteiger partial charge in [-0.05, 0) is 18.9 Å². The number of rotatable bonds is 8. The summed E-state index contributed by atoms with van der Waals surface area (Å²) in [6.07, 6.45) is -0.693. The van der Waals surface area contributed by atoms with E-state index in [1.807, 2.05) is 20.8 Å². The Morgan fingerprint density at radius 1 is 1.29 bits per heavy atom. The Hall–Kier alpha value is -1.10. The van der Waals surface area contributed by atoms with Crippen molar-refractivity contribution in [3.8, 4) is 0 Å². The lowest BCUT2D eigenvalue weighted by Gasteiger charge is -2.18. The summed E-state index contributed by atoms with van der Waals surface area (Å²) in [7, 11) is 0. The zero-order valence-corrected chi connectivity index (χ0v) is 11.0. The second-order valence-electron chi connectivity index (χ2n) is 4.60. The van der Waals surface area contributed by atoms with Gasteiger partial charge >= 0.3 is 11.9 Å². The van der Waals surface area contributed by atoms with E-state index in [0.717, 1.165) is 6.54 Å². The summed E-state index contributed by atoms with van der Waals surface area (Å²) in [5.41, 5.74) is 0. The van der Waals surface area contributed by atoms with Crippen LogP contribution in [0.15, 0.2) is 0 Å². The van der Waals surface area contributed by atoms with Gasteiger partial charge in [0.15, 0.2) is 6.10 Å². The van der Waals surface area contributed by atoms with Gasteiger partial charge in [0, 0.05) is 6.54 Å². The van der Waals surface area contributed by atoms with Gasteiger partial charge in [0.2, 0.25) is 0 Å². The van der Waals surface area contributed by atoms with Crippen molar-refractivity contribution in [2.24, 2.45) is 11.8 Å². The van der Waals surface area contributed by atoms with Crippen LogP contribution in [0.5, 0.6) is 0 Å². The van der Waals surface area contributed by atoms with Crippen molar-refractivity contribution in [1.29, 1.82) is 0 Å². The molecule has 0 saturated carbocycles. The van der Waals surface area contributed by atoms with Crippen LogP contribution in [-0.4, -0.2) is 36.2 Å². The van der Waals surface area contributed by atoms with E-state index in [0.29, 0.717) is 13.0 Å². The molecular weight excluding hydrogens is 222 g/mol. The minimum absolute atomic E-state index is 0.174. The van der Waals surface area contributed by atoms with Gasteiger partial charge < -0.3 is 15.2 Å². The van der Waals surface area contributed by atoms with E-state index in [2.05, 4.69) is 5.32 Å². The number of hydrogen-bond acceptors (Lipinski definition) is 4. The summed E-state index contributed by atoms with van der Waals surface area (Å²) in [4.78, 5) is 22.5. The van der Waals surface area contributed by atoms with Crippen LogP contribution in [0.4, 0.5) is 0 Å². The van der Waals surface area contributed by atoms with Crippen LogP contribution in [0.2, 0.25) is 0 Å². The van der Waals surface area contributed by atoms with E-state index < -0.39 is 18.0 Å². The Morgan fingerprint density at radius 2 is 1.88 bits per heavy atom. The summed E-state index contributed by atoms with van der Waals surface area (Å²) < 4.78 is 5.00. The molecule has 0 heterocycles. The molecule has 0 radical (unpaired) electrons. The number of nitrogens with one attached hydrogen (secondary N) is 1. The van der Waals surface area contributed by atoms with Crippen LogP contribution in [0, 0.1) is 11.8 Å². The monoisotopic (exact) mass is 245 g/mol. The van der Waals surface area contributed by atoms with Crippen molar-refractivity contribution in [1.82, 2.24) is 5.32 Å². The van der Waals surface area contributed by atoms with Crippen LogP contribution in [0.1, 0.15) is 34.1 Å². The highest BCUT2D eigenvalue weighted by Gasteiger charge is 2.25. The molecule has 0 aliphatic carbocycles. The second-order valence-corrected chi connectivity index (χ2v) is 4.60. The Labute approximate surface area is 103 Å². The van der Waals surface area contributed by atoms with E-state index in [1.54, 1.807) is 6.92 Å². The Balaban J connectivity index is 4.25. The maximum atomic E-state index is 11.6. The molecule has 0 spiro atoms. The van der Waals surface area contributed by atoms with Crippen molar-refractivity contribution in [2.75, 3.05) is 13.1 Å². The van der Waals surface area contributed by atoms with Crippen LogP contribution in [-0.2, 0) is 14.3 Å². The molecule has 0 saturated heterocycles. The fraction of sp³-hybridized carbons (Fsp3) is 0.833. The standard InChI is InChI=1S/C12H23NO4/c1-5-13-7-9(4)12(16)17-10(11(14)15)6-8(2)3/h8-10,13H,5-7H2,1-4H3,(H,14,15)/t9-,10+/m1/s1. The molecular formula is C12H23NO4. The highest BCUT2D eigenvalue weighted by atomic mass is 16.6. The normalized spacial score (nSPS) is 14.4. The van der Waals surface area contributed by atoms with Gasteiger partial charge in [0.1, 0.15) is 0 Å². The van der Waals surface area contributed by atoms with Crippen molar-refractivity contribution < 1.29 is 19.4 Å². The first-order chi connectivity index (χ1) is 7.88. The van der Waals surface area contributed by atoms with Crippen molar-refractivity contribution in [2.45, 2.75) is 40.2 Å². The molecule has 0 bridgehead atoms. The van der Waals surface area contributed by atoms with E-state index in [4.69, 9.17) is 9.84 Å². The van der Waals surface area contributed by atoms with Crippen molar-refractivity contribution in [3.05, 3.63) is 0 Å².